The van der Waals surface area contributed by atoms with E-state index in [2.05, 4.69) is 0 Å². The van der Waals surface area contributed by atoms with E-state index in [-0.39, 0.29) is 35.2 Å². The molecule has 9 nitrogen and oxygen atoms in total. The number of methoxy groups -OCH3 is 2. The normalized spacial score (nSPS) is 15.1. The molecule has 2 aromatic carbocycles. The van der Waals surface area contributed by atoms with Gasteiger partial charge in [0.15, 0.2) is 0 Å². The molecule has 0 N–H and O–H groups in total. The summed E-state index contributed by atoms with van der Waals surface area (Å²) >= 11 is 1.02. The lowest BCUT2D eigenvalue weighted by Gasteiger charge is -2.34. The lowest BCUT2D eigenvalue weighted by Crippen LogP contribution is -2.50. The van der Waals surface area contributed by atoms with Gasteiger partial charge in [-0.25, -0.2) is 8.42 Å². The molecule has 3 aromatic rings. The van der Waals surface area contributed by atoms with Crippen LogP contribution in [0.25, 0.3) is 10.2 Å². The second kappa shape index (κ2) is 9.16. The van der Waals surface area contributed by atoms with Crippen LogP contribution in [0.1, 0.15) is 5.56 Å². The van der Waals surface area contributed by atoms with Crippen LogP contribution in [0.5, 0.6) is 11.5 Å². The minimum atomic E-state index is -3.73. The van der Waals surface area contributed by atoms with Crippen molar-refractivity contribution in [1.82, 2.24) is 13.8 Å². The standard InChI is InChI=1S/C22H25N3O6S2/c1-23-19-5-4-18(14-20(19)32-22(23)27)33(28,29)25-8-6-24(7-9-25)21(26)12-15-10-16(30-2)13-17(11-15)31-3/h4-5,10-11,13-14H,6-9,12H2,1-3H3. The van der Waals surface area contributed by atoms with E-state index in [1.165, 1.54) is 14.9 Å². The Kier molecular flexibility index (Phi) is 6.46. The van der Waals surface area contributed by atoms with Gasteiger partial charge in [-0.3, -0.25) is 9.59 Å². The second-order valence-corrected chi connectivity index (χ2v) is 10.7. The van der Waals surface area contributed by atoms with Crippen LogP contribution in [-0.2, 0) is 28.3 Å². The van der Waals surface area contributed by atoms with Gasteiger partial charge < -0.3 is 18.9 Å². The highest BCUT2D eigenvalue weighted by atomic mass is 32.2. The zero-order chi connectivity index (χ0) is 23.8. The van der Waals surface area contributed by atoms with E-state index in [9.17, 15) is 18.0 Å². The van der Waals surface area contributed by atoms with Crippen LogP contribution in [0.4, 0.5) is 0 Å². The van der Waals surface area contributed by atoms with E-state index < -0.39 is 10.0 Å². The van der Waals surface area contributed by atoms with Gasteiger partial charge in [0, 0.05) is 39.3 Å². The maximum Gasteiger partial charge on any atom is 0.307 e. The van der Waals surface area contributed by atoms with Gasteiger partial charge in [0.1, 0.15) is 11.5 Å². The Labute approximate surface area is 195 Å². The molecule has 0 bridgehead atoms. The van der Waals surface area contributed by atoms with Crippen LogP contribution in [0.3, 0.4) is 0 Å². The SMILES string of the molecule is COc1cc(CC(=O)N2CCN(S(=O)(=O)c3ccc4c(c3)sc(=O)n4C)CC2)cc(OC)c1. The number of rotatable bonds is 6. The number of hydrogen-bond acceptors (Lipinski definition) is 7. The summed E-state index contributed by atoms with van der Waals surface area (Å²) in [5, 5.41) is 0. The maximum absolute atomic E-state index is 13.1. The molecular weight excluding hydrogens is 466 g/mol. The smallest absolute Gasteiger partial charge is 0.307 e. The highest BCUT2D eigenvalue weighted by Gasteiger charge is 2.30. The predicted octanol–water partition coefficient (Wildman–Crippen LogP) is 1.69. The minimum absolute atomic E-state index is 0.0853. The Hall–Kier alpha value is -2.89. The predicted molar refractivity (Wildman–Crippen MR) is 126 cm³/mol. The molecule has 0 unspecified atom stereocenters. The summed E-state index contributed by atoms with van der Waals surface area (Å²) < 4.78 is 40.3. The molecule has 4 rings (SSSR count). The summed E-state index contributed by atoms with van der Waals surface area (Å²) in [5.74, 6) is 1.12. The molecule has 1 aromatic heterocycles. The number of nitrogens with zero attached hydrogens (tertiary/aromatic N) is 3. The molecule has 33 heavy (non-hydrogen) atoms. The van der Waals surface area contributed by atoms with E-state index in [4.69, 9.17) is 9.47 Å². The van der Waals surface area contributed by atoms with Gasteiger partial charge in [0.25, 0.3) is 0 Å². The first kappa shape index (κ1) is 23.3. The van der Waals surface area contributed by atoms with E-state index in [0.717, 1.165) is 16.9 Å². The lowest BCUT2D eigenvalue weighted by atomic mass is 10.1. The molecule has 176 valence electrons. The monoisotopic (exact) mass is 491 g/mol. The molecule has 2 heterocycles. The highest BCUT2D eigenvalue weighted by Crippen LogP contribution is 2.25. The Morgan fingerprint density at radius 3 is 2.24 bits per heavy atom. The number of sulfonamides is 1. The molecule has 0 radical (unpaired) electrons. The van der Waals surface area contributed by atoms with Crippen molar-refractivity contribution >= 4 is 37.5 Å². The van der Waals surface area contributed by atoms with E-state index >= 15 is 0 Å². The first-order chi connectivity index (χ1) is 15.7. The van der Waals surface area contributed by atoms with Gasteiger partial charge in [-0.15, -0.1) is 0 Å². The number of carbonyl (C=O) groups is 1. The summed E-state index contributed by atoms with van der Waals surface area (Å²) in [6.45, 7) is 1.03. The van der Waals surface area contributed by atoms with Crippen molar-refractivity contribution in [2.75, 3.05) is 40.4 Å². The van der Waals surface area contributed by atoms with Crippen LogP contribution < -0.4 is 14.3 Å². The fourth-order valence-electron chi connectivity index (χ4n) is 3.86. The summed E-state index contributed by atoms with van der Waals surface area (Å²) in [6, 6.07) is 10.0. The van der Waals surface area contributed by atoms with Gasteiger partial charge in [-0.05, 0) is 35.9 Å². The van der Waals surface area contributed by atoms with Crippen LogP contribution in [0.2, 0.25) is 0 Å². The molecule has 11 heteroatoms. The number of aryl methyl sites for hydroxylation is 1. The molecule has 0 aliphatic carbocycles. The Morgan fingerprint density at radius 1 is 1.00 bits per heavy atom. The average molecular weight is 492 g/mol. The second-order valence-electron chi connectivity index (χ2n) is 7.74. The van der Waals surface area contributed by atoms with Crippen molar-refractivity contribution in [3.05, 3.63) is 51.6 Å². The van der Waals surface area contributed by atoms with Crippen molar-refractivity contribution in [2.24, 2.45) is 7.05 Å². The molecule has 1 fully saturated rings. The first-order valence-corrected chi connectivity index (χ1v) is 12.6. The summed E-state index contributed by atoms with van der Waals surface area (Å²) in [7, 11) is 1.04. The van der Waals surface area contributed by atoms with Crippen molar-refractivity contribution in [2.45, 2.75) is 11.3 Å². The minimum Gasteiger partial charge on any atom is -0.497 e. The third-order valence-corrected chi connectivity index (χ3v) is 8.65. The molecule has 0 spiro atoms. The van der Waals surface area contributed by atoms with Crippen LogP contribution >= 0.6 is 11.3 Å². The summed E-state index contributed by atoms with van der Waals surface area (Å²) in [6.07, 6.45) is 0.171. The van der Waals surface area contributed by atoms with E-state index in [1.54, 1.807) is 56.5 Å². The number of hydrogen-bond donors (Lipinski definition) is 0. The van der Waals surface area contributed by atoms with Crippen LogP contribution in [0, 0.1) is 0 Å². The Morgan fingerprint density at radius 2 is 1.64 bits per heavy atom. The molecular formula is C22H25N3O6S2. The fraction of sp³-hybridized carbons (Fsp3) is 0.364. The quantitative estimate of drug-likeness (QED) is 0.521. The van der Waals surface area contributed by atoms with Gasteiger partial charge >= 0.3 is 4.87 Å². The van der Waals surface area contributed by atoms with E-state index in [1.807, 2.05) is 0 Å². The summed E-state index contributed by atoms with van der Waals surface area (Å²) in [5.41, 5.74) is 1.47. The Bertz CT molecular complexity index is 1330. The van der Waals surface area contributed by atoms with Crippen LogP contribution in [-0.4, -0.2) is 68.5 Å². The number of benzene rings is 2. The number of aromatic nitrogens is 1. The lowest BCUT2D eigenvalue weighted by molar-refractivity contribution is -0.131. The molecule has 1 saturated heterocycles. The number of thiazole rings is 1. The van der Waals surface area contributed by atoms with Gasteiger partial charge in [-0.1, -0.05) is 11.3 Å². The molecule has 0 saturated carbocycles. The van der Waals surface area contributed by atoms with Gasteiger partial charge in [0.2, 0.25) is 15.9 Å². The topological polar surface area (TPSA) is 98.2 Å². The molecule has 1 aliphatic rings. The number of amides is 1. The van der Waals surface area contributed by atoms with Crippen molar-refractivity contribution in [1.29, 1.82) is 0 Å². The third kappa shape index (κ3) is 4.61. The van der Waals surface area contributed by atoms with Gasteiger partial charge in [0.05, 0.1) is 35.8 Å². The third-order valence-electron chi connectivity index (χ3n) is 5.76. The fourth-order valence-corrected chi connectivity index (χ4v) is 6.30. The number of ether oxygens (including phenoxy) is 2. The zero-order valence-electron chi connectivity index (χ0n) is 18.6. The largest absolute Gasteiger partial charge is 0.497 e. The Balaban J connectivity index is 1.44. The molecule has 1 aliphatic heterocycles. The van der Waals surface area contributed by atoms with Gasteiger partial charge in [-0.2, -0.15) is 4.31 Å². The van der Waals surface area contributed by atoms with Crippen LogP contribution in [0.15, 0.2) is 46.1 Å². The maximum atomic E-state index is 13.1. The van der Waals surface area contributed by atoms with Crippen molar-refractivity contribution in [3.8, 4) is 11.5 Å². The molecule has 1 amide bonds. The molecule has 0 atom stereocenters. The zero-order valence-corrected chi connectivity index (χ0v) is 20.2. The summed E-state index contributed by atoms with van der Waals surface area (Å²) in [4.78, 5) is 26.4. The van der Waals surface area contributed by atoms with E-state index in [0.29, 0.717) is 34.8 Å². The van der Waals surface area contributed by atoms with Crippen molar-refractivity contribution in [3.63, 3.8) is 0 Å². The highest BCUT2D eigenvalue weighted by molar-refractivity contribution is 7.89. The van der Waals surface area contributed by atoms with Crippen molar-refractivity contribution < 1.29 is 22.7 Å². The average Bonchev–Trinajstić information content (AvgIpc) is 3.11. The number of fused-ring (bicyclic) bond motifs is 1. The number of piperazine rings is 1. The number of carbonyl (C=O) groups excluding carboxylic acids is 1. The first-order valence-electron chi connectivity index (χ1n) is 10.3.